The summed E-state index contributed by atoms with van der Waals surface area (Å²) in [5, 5.41) is 9.05. The molecule has 1 aromatic heterocycles. The van der Waals surface area contributed by atoms with Crippen molar-refractivity contribution >= 4 is 29.9 Å². The fraction of sp³-hybridized carbons (Fsp3) is 0.143. The summed E-state index contributed by atoms with van der Waals surface area (Å²) < 4.78 is 0. The van der Waals surface area contributed by atoms with E-state index in [1.807, 2.05) is 0 Å². The van der Waals surface area contributed by atoms with Gasteiger partial charge in [0.25, 0.3) is 0 Å². The number of rotatable bonds is 1. The number of hydrogen-bond donors (Lipinski definition) is 2. The second kappa shape index (κ2) is 4.14. The second-order valence-corrected chi connectivity index (χ2v) is 3.14. The van der Waals surface area contributed by atoms with Crippen LogP contribution in [-0.4, -0.2) is 21.8 Å². The predicted octanol–water partition coefficient (Wildman–Crippen LogP) is 1.12. The molecule has 0 saturated heterocycles. The SMILES string of the molecule is O=C(O)c1cnc(C#CCS)s1. The molecule has 0 aliphatic carbocycles. The molecule has 0 saturated carbocycles. The first kappa shape index (κ1) is 9.10. The van der Waals surface area contributed by atoms with Crippen molar-refractivity contribution in [3.05, 3.63) is 16.1 Å². The summed E-state index contributed by atoms with van der Waals surface area (Å²) in [7, 11) is 0. The van der Waals surface area contributed by atoms with Gasteiger partial charge in [0.2, 0.25) is 0 Å². The molecule has 12 heavy (non-hydrogen) atoms. The number of nitrogens with zero attached hydrogens (tertiary/aromatic N) is 1. The third-order valence-corrected chi connectivity index (χ3v) is 2.05. The van der Waals surface area contributed by atoms with Crippen molar-refractivity contribution in [2.45, 2.75) is 0 Å². The second-order valence-electron chi connectivity index (χ2n) is 1.79. The third-order valence-electron chi connectivity index (χ3n) is 0.991. The molecule has 5 heteroatoms. The smallest absolute Gasteiger partial charge is 0.347 e. The number of aromatic nitrogens is 1. The van der Waals surface area contributed by atoms with Crippen LogP contribution in [0.3, 0.4) is 0 Å². The lowest BCUT2D eigenvalue weighted by molar-refractivity contribution is 0.0702. The van der Waals surface area contributed by atoms with Crippen LogP contribution in [-0.2, 0) is 0 Å². The van der Waals surface area contributed by atoms with Crippen LogP contribution in [0.2, 0.25) is 0 Å². The van der Waals surface area contributed by atoms with E-state index in [1.54, 1.807) is 0 Å². The molecular weight excluding hydrogens is 194 g/mol. The van der Waals surface area contributed by atoms with E-state index in [0.717, 1.165) is 11.3 Å². The lowest BCUT2D eigenvalue weighted by Crippen LogP contribution is -1.89. The third kappa shape index (κ3) is 2.26. The summed E-state index contributed by atoms with van der Waals surface area (Å²) in [5.74, 6) is 4.85. The summed E-state index contributed by atoms with van der Waals surface area (Å²) in [6, 6.07) is 0. The van der Waals surface area contributed by atoms with Crippen molar-refractivity contribution < 1.29 is 9.90 Å². The minimum Gasteiger partial charge on any atom is -0.477 e. The molecule has 1 heterocycles. The Labute approximate surface area is 78.9 Å². The maximum atomic E-state index is 10.4. The first-order valence-corrected chi connectivity index (χ1v) is 4.48. The van der Waals surface area contributed by atoms with Crippen molar-refractivity contribution in [1.29, 1.82) is 0 Å². The quantitative estimate of drug-likeness (QED) is 0.526. The highest BCUT2D eigenvalue weighted by molar-refractivity contribution is 7.80. The van der Waals surface area contributed by atoms with E-state index in [1.165, 1.54) is 6.20 Å². The first-order chi connectivity index (χ1) is 5.74. The zero-order valence-corrected chi connectivity index (χ0v) is 7.65. The van der Waals surface area contributed by atoms with E-state index in [9.17, 15) is 4.79 Å². The average molecular weight is 199 g/mol. The molecule has 0 aliphatic heterocycles. The molecular formula is C7H5NO2S2. The Morgan fingerprint density at radius 2 is 2.58 bits per heavy atom. The lowest BCUT2D eigenvalue weighted by atomic mass is 10.6. The molecule has 1 N–H and O–H groups in total. The number of carboxylic acids is 1. The maximum Gasteiger partial charge on any atom is 0.347 e. The average Bonchev–Trinajstić information content (AvgIpc) is 2.48. The molecule has 0 bridgehead atoms. The summed E-state index contributed by atoms with van der Waals surface area (Å²) in [5.41, 5.74) is 0. The van der Waals surface area contributed by atoms with Gasteiger partial charge in [0.15, 0.2) is 5.01 Å². The van der Waals surface area contributed by atoms with Gasteiger partial charge in [0.1, 0.15) is 4.88 Å². The Kier molecular flexibility index (Phi) is 3.14. The molecule has 0 aliphatic rings. The number of aromatic carboxylic acids is 1. The van der Waals surface area contributed by atoms with Gasteiger partial charge in [0.05, 0.1) is 11.9 Å². The molecule has 0 aromatic carbocycles. The van der Waals surface area contributed by atoms with Crippen molar-refractivity contribution in [3.63, 3.8) is 0 Å². The van der Waals surface area contributed by atoms with Crippen LogP contribution in [0, 0.1) is 11.8 Å². The van der Waals surface area contributed by atoms with Gasteiger partial charge in [-0.15, -0.1) is 0 Å². The number of carboxylic acid groups (broad SMARTS) is 1. The molecule has 0 radical (unpaired) electrons. The molecule has 62 valence electrons. The van der Waals surface area contributed by atoms with E-state index in [0.29, 0.717) is 10.8 Å². The standard InChI is InChI=1S/C7H5NO2S2/c9-7(10)5-4-8-6(12-5)2-1-3-11/h4,11H,3H2,(H,9,10). The van der Waals surface area contributed by atoms with Gasteiger partial charge in [-0.05, 0) is 5.92 Å². The number of thiazole rings is 1. The fourth-order valence-corrected chi connectivity index (χ4v) is 1.25. The van der Waals surface area contributed by atoms with E-state index in [4.69, 9.17) is 5.11 Å². The van der Waals surface area contributed by atoms with Gasteiger partial charge in [-0.2, -0.15) is 12.6 Å². The number of hydrogen-bond acceptors (Lipinski definition) is 4. The normalized spacial score (nSPS) is 8.75. The van der Waals surface area contributed by atoms with Gasteiger partial charge >= 0.3 is 5.97 Å². The van der Waals surface area contributed by atoms with Crippen LogP contribution in [0.1, 0.15) is 14.7 Å². The molecule has 1 aromatic rings. The van der Waals surface area contributed by atoms with Crippen LogP contribution in [0.25, 0.3) is 0 Å². The molecule has 0 unspecified atom stereocenters. The maximum absolute atomic E-state index is 10.4. The largest absolute Gasteiger partial charge is 0.477 e. The predicted molar refractivity (Wildman–Crippen MR) is 49.8 cm³/mol. The van der Waals surface area contributed by atoms with Crippen molar-refractivity contribution in [2.24, 2.45) is 0 Å². The summed E-state index contributed by atoms with van der Waals surface area (Å²) in [4.78, 5) is 14.4. The van der Waals surface area contributed by atoms with E-state index in [-0.39, 0.29) is 4.88 Å². The van der Waals surface area contributed by atoms with E-state index < -0.39 is 5.97 Å². The summed E-state index contributed by atoms with van der Waals surface area (Å²) in [6.45, 7) is 0. The zero-order valence-electron chi connectivity index (χ0n) is 5.94. The van der Waals surface area contributed by atoms with Crippen molar-refractivity contribution in [2.75, 3.05) is 5.75 Å². The van der Waals surface area contributed by atoms with Gasteiger partial charge in [-0.3, -0.25) is 0 Å². The molecule has 1 rings (SSSR count). The van der Waals surface area contributed by atoms with Crippen LogP contribution < -0.4 is 0 Å². The molecule has 0 amide bonds. The van der Waals surface area contributed by atoms with E-state index >= 15 is 0 Å². The Morgan fingerprint density at radius 1 is 1.83 bits per heavy atom. The van der Waals surface area contributed by atoms with Crippen molar-refractivity contribution in [1.82, 2.24) is 4.98 Å². The van der Waals surface area contributed by atoms with Crippen LogP contribution in [0.4, 0.5) is 0 Å². The lowest BCUT2D eigenvalue weighted by Gasteiger charge is -1.78. The number of thiol groups is 1. The monoisotopic (exact) mass is 199 g/mol. The minimum absolute atomic E-state index is 0.207. The highest BCUT2D eigenvalue weighted by Crippen LogP contribution is 2.10. The minimum atomic E-state index is -0.966. The van der Waals surface area contributed by atoms with E-state index in [2.05, 4.69) is 29.5 Å². The Hall–Kier alpha value is -0.990. The Balaban J connectivity index is 2.84. The zero-order chi connectivity index (χ0) is 8.97. The van der Waals surface area contributed by atoms with Gasteiger partial charge in [-0.1, -0.05) is 17.3 Å². The van der Waals surface area contributed by atoms with Gasteiger partial charge < -0.3 is 5.11 Å². The number of carbonyl (C=O) groups is 1. The van der Waals surface area contributed by atoms with Crippen LogP contribution in [0.5, 0.6) is 0 Å². The Bertz CT molecular complexity index is 348. The van der Waals surface area contributed by atoms with Crippen LogP contribution in [0.15, 0.2) is 6.20 Å². The highest BCUT2D eigenvalue weighted by atomic mass is 32.1. The van der Waals surface area contributed by atoms with Crippen molar-refractivity contribution in [3.8, 4) is 11.8 Å². The molecule has 3 nitrogen and oxygen atoms in total. The highest BCUT2D eigenvalue weighted by Gasteiger charge is 2.05. The fourth-order valence-electron chi connectivity index (χ4n) is 0.546. The van der Waals surface area contributed by atoms with Gasteiger partial charge in [0, 0.05) is 0 Å². The first-order valence-electron chi connectivity index (χ1n) is 3.03. The van der Waals surface area contributed by atoms with Crippen LogP contribution >= 0.6 is 24.0 Å². The summed E-state index contributed by atoms with van der Waals surface area (Å²) >= 11 is 4.95. The summed E-state index contributed by atoms with van der Waals surface area (Å²) in [6.07, 6.45) is 1.30. The topological polar surface area (TPSA) is 50.2 Å². The molecule has 0 spiro atoms. The Morgan fingerprint density at radius 3 is 3.08 bits per heavy atom. The molecule has 0 fully saturated rings. The van der Waals surface area contributed by atoms with Gasteiger partial charge in [-0.25, -0.2) is 9.78 Å². The molecule has 0 atom stereocenters.